The van der Waals surface area contributed by atoms with E-state index in [-0.39, 0.29) is 24.0 Å². The van der Waals surface area contributed by atoms with Crippen molar-refractivity contribution in [3.05, 3.63) is 16.1 Å². The molecule has 1 aliphatic rings. The van der Waals surface area contributed by atoms with Crippen molar-refractivity contribution in [3.63, 3.8) is 0 Å². The van der Waals surface area contributed by atoms with E-state index in [4.69, 9.17) is 9.47 Å². The molecule has 26 heavy (non-hydrogen) atoms. The maximum Gasteiger partial charge on any atom is 0.190 e. The van der Waals surface area contributed by atoms with Crippen LogP contribution in [0.15, 0.2) is 10.4 Å². The Morgan fingerprint density at radius 2 is 2.23 bits per heavy atom. The minimum absolute atomic E-state index is 0. The molecule has 1 aliphatic heterocycles. The molecule has 1 saturated heterocycles. The van der Waals surface area contributed by atoms with Crippen molar-refractivity contribution < 1.29 is 9.47 Å². The van der Waals surface area contributed by atoms with Gasteiger partial charge in [0.15, 0.2) is 5.96 Å². The van der Waals surface area contributed by atoms with Crippen molar-refractivity contribution in [1.82, 2.24) is 15.6 Å². The van der Waals surface area contributed by atoms with Gasteiger partial charge < -0.3 is 20.1 Å². The van der Waals surface area contributed by atoms with Gasteiger partial charge in [-0.05, 0) is 19.3 Å². The summed E-state index contributed by atoms with van der Waals surface area (Å²) in [6, 6.07) is 0. The molecule has 1 fully saturated rings. The molecule has 2 heterocycles. The van der Waals surface area contributed by atoms with Crippen LogP contribution in [0.4, 0.5) is 0 Å². The van der Waals surface area contributed by atoms with E-state index in [2.05, 4.69) is 39.8 Å². The van der Waals surface area contributed by atoms with Gasteiger partial charge in [-0.1, -0.05) is 13.8 Å². The van der Waals surface area contributed by atoms with Crippen LogP contribution in [0.3, 0.4) is 0 Å². The number of nitrogens with one attached hydrogen (secondary N) is 2. The van der Waals surface area contributed by atoms with Gasteiger partial charge in [0.2, 0.25) is 0 Å². The zero-order chi connectivity index (χ0) is 17.9. The highest BCUT2D eigenvalue weighted by molar-refractivity contribution is 14.0. The van der Waals surface area contributed by atoms with Crippen molar-refractivity contribution in [2.24, 2.45) is 4.99 Å². The topological polar surface area (TPSA) is 67.8 Å². The van der Waals surface area contributed by atoms with Crippen LogP contribution in [0.25, 0.3) is 0 Å². The number of ether oxygens (including phenoxy) is 2. The number of aliphatic imine (C=N–C) groups is 1. The minimum Gasteiger partial charge on any atom is -0.379 e. The lowest BCUT2D eigenvalue weighted by atomic mass is 10.2. The van der Waals surface area contributed by atoms with Gasteiger partial charge in [0.1, 0.15) is 0 Å². The zero-order valence-electron chi connectivity index (χ0n) is 16.1. The quantitative estimate of drug-likeness (QED) is 0.226. The normalized spacial score (nSPS) is 17.4. The highest BCUT2D eigenvalue weighted by Crippen LogP contribution is 2.19. The first-order valence-electron chi connectivity index (χ1n) is 9.27. The van der Waals surface area contributed by atoms with Crippen LogP contribution < -0.4 is 10.6 Å². The first-order valence-corrected chi connectivity index (χ1v) is 10.1. The maximum absolute atomic E-state index is 5.66. The highest BCUT2D eigenvalue weighted by atomic mass is 127. The first kappa shape index (κ1) is 23.6. The summed E-state index contributed by atoms with van der Waals surface area (Å²) in [7, 11) is 1.79. The Labute approximate surface area is 178 Å². The van der Waals surface area contributed by atoms with Crippen LogP contribution in [0.1, 0.15) is 49.7 Å². The number of aromatic nitrogens is 1. The van der Waals surface area contributed by atoms with Gasteiger partial charge in [-0.15, -0.1) is 35.3 Å². The Hall–Kier alpha value is -0.450. The molecule has 2 rings (SSSR count). The fraction of sp³-hybridized carbons (Fsp3) is 0.778. The molecule has 0 radical (unpaired) electrons. The second-order valence-corrected chi connectivity index (χ2v) is 7.46. The van der Waals surface area contributed by atoms with Crippen LogP contribution >= 0.6 is 35.3 Å². The Kier molecular flexibility index (Phi) is 12.4. The van der Waals surface area contributed by atoms with E-state index in [1.807, 2.05) is 0 Å². The van der Waals surface area contributed by atoms with Crippen LogP contribution in [0, 0.1) is 0 Å². The lowest BCUT2D eigenvalue weighted by molar-refractivity contribution is 0.0168. The zero-order valence-corrected chi connectivity index (χ0v) is 19.3. The third-order valence-electron chi connectivity index (χ3n) is 4.05. The fourth-order valence-electron chi connectivity index (χ4n) is 2.60. The molecule has 0 bridgehead atoms. The van der Waals surface area contributed by atoms with E-state index in [1.54, 1.807) is 18.4 Å². The summed E-state index contributed by atoms with van der Waals surface area (Å²) < 4.78 is 11.2. The number of hydrogen-bond acceptors (Lipinski definition) is 5. The molecule has 150 valence electrons. The molecule has 8 heteroatoms. The molecule has 0 saturated carbocycles. The Morgan fingerprint density at radius 1 is 1.42 bits per heavy atom. The average Bonchev–Trinajstić information content (AvgIpc) is 3.28. The summed E-state index contributed by atoms with van der Waals surface area (Å²) in [5.74, 6) is 1.34. The Bertz CT molecular complexity index is 519. The SMILES string of the molecule is CN=C(NCCCOCC1CCCO1)NCCc1csc(C(C)C)n1.I. The molecule has 6 nitrogen and oxygen atoms in total. The molecular weight excluding hydrogens is 463 g/mol. The molecule has 0 aromatic carbocycles. The van der Waals surface area contributed by atoms with Crippen molar-refractivity contribution in [3.8, 4) is 0 Å². The summed E-state index contributed by atoms with van der Waals surface area (Å²) in [5, 5.41) is 10.0. The van der Waals surface area contributed by atoms with Gasteiger partial charge in [0.05, 0.1) is 23.4 Å². The molecule has 1 aromatic rings. The lowest BCUT2D eigenvalue weighted by Crippen LogP contribution is -2.39. The molecular formula is C18H33IN4O2S. The number of guanidine groups is 1. The third kappa shape index (κ3) is 8.96. The number of rotatable bonds is 10. The smallest absolute Gasteiger partial charge is 0.190 e. The third-order valence-corrected chi connectivity index (χ3v) is 5.24. The van der Waals surface area contributed by atoms with Crippen molar-refractivity contribution in [2.45, 2.75) is 51.6 Å². The fourth-order valence-corrected chi connectivity index (χ4v) is 3.47. The lowest BCUT2D eigenvalue weighted by Gasteiger charge is -2.12. The summed E-state index contributed by atoms with van der Waals surface area (Å²) in [5.41, 5.74) is 1.15. The average molecular weight is 496 g/mol. The van der Waals surface area contributed by atoms with Gasteiger partial charge >= 0.3 is 0 Å². The van der Waals surface area contributed by atoms with E-state index < -0.39 is 0 Å². The van der Waals surface area contributed by atoms with Crippen LogP contribution in [-0.4, -0.2) is 57.0 Å². The van der Waals surface area contributed by atoms with E-state index >= 15 is 0 Å². The standard InChI is InChI=1S/C18H32N4O2S.HI/c1-14(2)17-22-15(13-25-17)7-9-21-18(19-3)20-8-5-10-23-12-16-6-4-11-24-16;/h13-14,16H,4-12H2,1-3H3,(H2,19,20,21);1H. The molecule has 0 amide bonds. The number of hydrogen-bond donors (Lipinski definition) is 2. The van der Waals surface area contributed by atoms with Gasteiger partial charge in [0.25, 0.3) is 0 Å². The van der Waals surface area contributed by atoms with Gasteiger partial charge in [-0.3, -0.25) is 4.99 Å². The predicted octanol–water partition coefficient (Wildman–Crippen LogP) is 3.18. The minimum atomic E-state index is 0. The monoisotopic (exact) mass is 496 g/mol. The van der Waals surface area contributed by atoms with Gasteiger partial charge in [0, 0.05) is 51.1 Å². The van der Waals surface area contributed by atoms with Crippen LogP contribution in [0.2, 0.25) is 0 Å². The summed E-state index contributed by atoms with van der Waals surface area (Å²) in [4.78, 5) is 8.90. The van der Waals surface area contributed by atoms with E-state index in [0.29, 0.717) is 12.0 Å². The van der Waals surface area contributed by atoms with E-state index in [0.717, 1.165) is 70.2 Å². The largest absolute Gasteiger partial charge is 0.379 e. The van der Waals surface area contributed by atoms with Crippen LogP contribution in [-0.2, 0) is 15.9 Å². The Morgan fingerprint density at radius 3 is 2.88 bits per heavy atom. The highest BCUT2D eigenvalue weighted by Gasteiger charge is 2.14. The van der Waals surface area contributed by atoms with Gasteiger partial charge in [-0.2, -0.15) is 0 Å². The van der Waals surface area contributed by atoms with Crippen molar-refractivity contribution >= 4 is 41.3 Å². The molecule has 2 N–H and O–H groups in total. The second kappa shape index (κ2) is 13.7. The van der Waals surface area contributed by atoms with E-state index in [9.17, 15) is 0 Å². The summed E-state index contributed by atoms with van der Waals surface area (Å²) >= 11 is 1.75. The van der Waals surface area contributed by atoms with Crippen LogP contribution in [0.5, 0.6) is 0 Å². The van der Waals surface area contributed by atoms with E-state index in [1.165, 1.54) is 5.01 Å². The van der Waals surface area contributed by atoms with Crippen molar-refractivity contribution in [1.29, 1.82) is 0 Å². The number of nitrogens with zero attached hydrogens (tertiary/aromatic N) is 2. The molecule has 0 spiro atoms. The maximum atomic E-state index is 5.66. The second-order valence-electron chi connectivity index (χ2n) is 6.57. The number of thiazole rings is 1. The van der Waals surface area contributed by atoms with Gasteiger partial charge in [-0.25, -0.2) is 4.98 Å². The molecule has 1 atom stereocenters. The van der Waals surface area contributed by atoms with Crippen molar-refractivity contribution in [2.75, 3.05) is 40.0 Å². The first-order chi connectivity index (χ1) is 12.2. The molecule has 0 aliphatic carbocycles. The molecule has 1 unspecified atom stereocenters. The Balaban J connectivity index is 0.00000338. The summed E-state index contributed by atoms with van der Waals surface area (Å²) in [6.45, 7) is 8.39. The molecule has 1 aromatic heterocycles. The predicted molar refractivity (Wildman–Crippen MR) is 119 cm³/mol. The number of halogens is 1. The summed E-state index contributed by atoms with van der Waals surface area (Å²) in [6.07, 6.45) is 4.47.